The fourth-order valence-electron chi connectivity index (χ4n) is 2.03. The predicted octanol–water partition coefficient (Wildman–Crippen LogP) is 2.38. The third-order valence-electron chi connectivity index (χ3n) is 2.92. The van der Waals surface area contributed by atoms with Crippen molar-refractivity contribution in [3.8, 4) is 0 Å². The van der Waals surface area contributed by atoms with Gasteiger partial charge in [-0.2, -0.15) is 4.98 Å². The molecule has 1 aliphatic carbocycles. The standard InChI is InChI=1S/C11H18N4S/c1-13-9-6-10(15-11(12)14-9)16-7-8-4-2-3-5-8/h6,8H,2-5,7H2,1H3,(H3,12,13,14,15). The van der Waals surface area contributed by atoms with Crippen LogP contribution in [0.15, 0.2) is 11.1 Å². The highest BCUT2D eigenvalue weighted by atomic mass is 32.2. The molecule has 0 aromatic carbocycles. The van der Waals surface area contributed by atoms with Crippen molar-refractivity contribution in [2.24, 2.45) is 5.92 Å². The zero-order chi connectivity index (χ0) is 11.4. The second-order valence-electron chi connectivity index (χ2n) is 4.16. The van der Waals surface area contributed by atoms with Crippen LogP contribution in [0.4, 0.5) is 11.8 Å². The van der Waals surface area contributed by atoms with Gasteiger partial charge in [-0.25, -0.2) is 4.98 Å². The van der Waals surface area contributed by atoms with Gasteiger partial charge in [0.1, 0.15) is 10.8 Å². The van der Waals surface area contributed by atoms with Crippen LogP contribution in [0.25, 0.3) is 0 Å². The summed E-state index contributed by atoms with van der Waals surface area (Å²) in [6, 6.07) is 1.95. The molecule has 4 nitrogen and oxygen atoms in total. The molecule has 0 bridgehead atoms. The Morgan fingerprint density at radius 3 is 2.88 bits per heavy atom. The van der Waals surface area contributed by atoms with Gasteiger partial charge in [-0.3, -0.25) is 0 Å². The number of aromatic nitrogens is 2. The first-order valence-electron chi connectivity index (χ1n) is 5.73. The lowest BCUT2D eigenvalue weighted by Crippen LogP contribution is -2.02. The smallest absolute Gasteiger partial charge is 0.223 e. The fraction of sp³-hybridized carbons (Fsp3) is 0.636. The van der Waals surface area contributed by atoms with Gasteiger partial charge >= 0.3 is 0 Å². The average Bonchev–Trinajstić information content (AvgIpc) is 2.78. The van der Waals surface area contributed by atoms with E-state index in [0.717, 1.165) is 22.5 Å². The van der Waals surface area contributed by atoms with Gasteiger partial charge in [0, 0.05) is 18.9 Å². The van der Waals surface area contributed by atoms with Crippen molar-refractivity contribution >= 4 is 23.5 Å². The number of rotatable bonds is 4. The van der Waals surface area contributed by atoms with Crippen LogP contribution in [0.2, 0.25) is 0 Å². The first-order valence-corrected chi connectivity index (χ1v) is 6.71. The summed E-state index contributed by atoms with van der Waals surface area (Å²) in [4.78, 5) is 8.31. The highest BCUT2D eigenvalue weighted by Crippen LogP contribution is 2.30. The van der Waals surface area contributed by atoms with Gasteiger partial charge < -0.3 is 11.1 Å². The van der Waals surface area contributed by atoms with E-state index in [1.807, 2.05) is 13.1 Å². The maximum atomic E-state index is 5.64. The number of hydrogen-bond donors (Lipinski definition) is 2. The molecule has 0 spiro atoms. The van der Waals surface area contributed by atoms with Crippen LogP contribution >= 0.6 is 11.8 Å². The number of nitrogens with two attached hydrogens (primary N) is 1. The van der Waals surface area contributed by atoms with Crippen LogP contribution in [0.3, 0.4) is 0 Å². The molecule has 1 fully saturated rings. The lowest BCUT2D eigenvalue weighted by atomic mass is 10.1. The van der Waals surface area contributed by atoms with Gasteiger partial charge in [0.2, 0.25) is 5.95 Å². The quantitative estimate of drug-likeness (QED) is 0.623. The van der Waals surface area contributed by atoms with Gasteiger partial charge in [0.25, 0.3) is 0 Å². The second-order valence-corrected chi connectivity index (χ2v) is 5.20. The number of nitrogens with one attached hydrogen (secondary N) is 1. The minimum Gasteiger partial charge on any atom is -0.373 e. The van der Waals surface area contributed by atoms with Crippen molar-refractivity contribution in [1.82, 2.24) is 9.97 Å². The van der Waals surface area contributed by atoms with E-state index in [9.17, 15) is 0 Å². The second kappa shape index (κ2) is 5.39. The molecule has 3 N–H and O–H groups in total. The van der Waals surface area contributed by atoms with E-state index >= 15 is 0 Å². The number of thioether (sulfide) groups is 1. The fourth-order valence-corrected chi connectivity index (χ4v) is 3.12. The molecule has 0 aliphatic heterocycles. The van der Waals surface area contributed by atoms with Crippen LogP contribution < -0.4 is 11.1 Å². The number of nitrogens with zero attached hydrogens (tertiary/aromatic N) is 2. The first-order chi connectivity index (χ1) is 7.78. The Morgan fingerprint density at radius 2 is 2.19 bits per heavy atom. The molecule has 0 radical (unpaired) electrons. The molecule has 88 valence electrons. The highest BCUT2D eigenvalue weighted by Gasteiger charge is 2.15. The molecule has 1 heterocycles. The molecule has 16 heavy (non-hydrogen) atoms. The average molecular weight is 238 g/mol. The van der Waals surface area contributed by atoms with Gasteiger partial charge in [-0.1, -0.05) is 12.8 Å². The molecule has 5 heteroatoms. The summed E-state index contributed by atoms with van der Waals surface area (Å²) in [6.45, 7) is 0. The van der Waals surface area contributed by atoms with Crippen LogP contribution in [0, 0.1) is 5.92 Å². The van der Waals surface area contributed by atoms with E-state index in [2.05, 4.69) is 15.3 Å². The topological polar surface area (TPSA) is 63.8 Å². The Morgan fingerprint density at radius 1 is 1.44 bits per heavy atom. The van der Waals surface area contributed by atoms with Crippen molar-refractivity contribution < 1.29 is 0 Å². The van der Waals surface area contributed by atoms with Crippen LogP contribution in [0.1, 0.15) is 25.7 Å². The minimum absolute atomic E-state index is 0.348. The van der Waals surface area contributed by atoms with Crippen LogP contribution in [-0.4, -0.2) is 22.8 Å². The number of hydrogen-bond acceptors (Lipinski definition) is 5. The largest absolute Gasteiger partial charge is 0.373 e. The summed E-state index contributed by atoms with van der Waals surface area (Å²) in [6.07, 6.45) is 5.51. The molecule has 0 saturated heterocycles. The summed E-state index contributed by atoms with van der Waals surface area (Å²) >= 11 is 1.79. The SMILES string of the molecule is CNc1cc(SCC2CCCC2)nc(N)n1. The molecule has 1 aromatic heterocycles. The third kappa shape index (κ3) is 3.01. The molecular formula is C11H18N4S. The molecule has 1 aromatic rings. The predicted molar refractivity (Wildman–Crippen MR) is 68.7 cm³/mol. The van der Waals surface area contributed by atoms with E-state index in [1.165, 1.54) is 25.7 Å². The van der Waals surface area contributed by atoms with Gasteiger partial charge in [-0.15, -0.1) is 11.8 Å². The lowest BCUT2D eigenvalue weighted by molar-refractivity contribution is 0.623. The molecule has 2 rings (SSSR count). The summed E-state index contributed by atoms with van der Waals surface area (Å²) in [5, 5.41) is 3.97. The molecule has 0 atom stereocenters. The monoisotopic (exact) mass is 238 g/mol. The van der Waals surface area contributed by atoms with E-state index in [-0.39, 0.29) is 0 Å². The Hall–Kier alpha value is -0.970. The van der Waals surface area contributed by atoms with E-state index in [1.54, 1.807) is 11.8 Å². The van der Waals surface area contributed by atoms with E-state index in [0.29, 0.717) is 5.95 Å². The van der Waals surface area contributed by atoms with Gasteiger partial charge in [-0.05, 0) is 18.8 Å². The molecule has 1 saturated carbocycles. The maximum Gasteiger partial charge on any atom is 0.223 e. The summed E-state index contributed by atoms with van der Waals surface area (Å²) < 4.78 is 0. The van der Waals surface area contributed by atoms with E-state index < -0.39 is 0 Å². The third-order valence-corrected chi connectivity index (χ3v) is 4.06. The van der Waals surface area contributed by atoms with Crippen molar-refractivity contribution in [2.45, 2.75) is 30.7 Å². The summed E-state index contributed by atoms with van der Waals surface area (Å²) in [5.41, 5.74) is 5.64. The zero-order valence-corrected chi connectivity index (χ0v) is 10.4. The van der Waals surface area contributed by atoms with Gasteiger partial charge in [0.05, 0.1) is 0 Å². The van der Waals surface area contributed by atoms with Crippen LogP contribution in [0.5, 0.6) is 0 Å². The van der Waals surface area contributed by atoms with E-state index in [4.69, 9.17) is 5.73 Å². The summed E-state index contributed by atoms with van der Waals surface area (Å²) in [5.74, 6) is 3.15. The normalized spacial score (nSPS) is 16.6. The minimum atomic E-state index is 0.348. The molecular weight excluding hydrogens is 220 g/mol. The number of anilines is 2. The highest BCUT2D eigenvalue weighted by molar-refractivity contribution is 7.99. The summed E-state index contributed by atoms with van der Waals surface area (Å²) in [7, 11) is 1.84. The van der Waals surface area contributed by atoms with Crippen molar-refractivity contribution in [2.75, 3.05) is 23.9 Å². The zero-order valence-electron chi connectivity index (χ0n) is 9.57. The Bertz CT molecular complexity index is 350. The maximum absolute atomic E-state index is 5.64. The van der Waals surface area contributed by atoms with Crippen LogP contribution in [-0.2, 0) is 0 Å². The van der Waals surface area contributed by atoms with Crippen molar-refractivity contribution in [1.29, 1.82) is 0 Å². The lowest BCUT2D eigenvalue weighted by Gasteiger charge is -2.08. The Kier molecular flexibility index (Phi) is 3.88. The Labute approximate surface area is 100 Å². The molecule has 0 unspecified atom stereocenters. The first kappa shape index (κ1) is 11.5. The Balaban J connectivity index is 1.94. The van der Waals surface area contributed by atoms with Gasteiger partial charge in [0.15, 0.2) is 0 Å². The van der Waals surface area contributed by atoms with Crippen molar-refractivity contribution in [3.63, 3.8) is 0 Å². The molecule has 0 amide bonds. The van der Waals surface area contributed by atoms with Crippen molar-refractivity contribution in [3.05, 3.63) is 6.07 Å². The molecule has 1 aliphatic rings. The number of nitrogen functional groups attached to an aromatic ring is 1.